The maximum atomic E-state index is 12.4. The molecular formula is C19H25N3O4. The summed E-state index contributed by atoms with van der Waals surface area (Å²) in [7, 11) is 1.61. The number of nitrogens with zero attached hydrogens (tertiary/aromatic N) is 3. The lowest BCUT2D eigenvalue weighted by atomic mass is 9.97. The molecule has 0 radical (unpaired) electrons. The van der Waals surface area contributed by atoms with E-state index in [1.807, 2.05) is 18.7 Å². The number of benzene rings is 1. The predicted octanol–water partition coefficient (Wildman–Crippen LogP) is 2.99. The van der Waals surface area contributed by atoms with Gasteiger partial charge in [0.15, 0.2) is 6.61 Å². The van der Waals surface area contributed by atoms with Crippen LogP contribution in [0.4, 0.5) is 0 Å². The summed E-state index contributed by atoms with van der Waals surface area (Å²) in [6.45, 7) is 5.45. The first-order valence-electron chi connectivity index (χ1n) is 8.94. The van der Waals surface area contributed by atoms with Crippen LogP contribution in [0.25, 0.3) is 0 Å². The van der Waals surface area contributed by atoms with Crippen molar-refractivity contribution in [3.05, 3.63) is 36.0 Å². The van der Waals surface area contributed by atoms with Gasteiger partial charge in [-0.05, 0) is 37.1 Å². The molecule has 0 saturated carbocycles. The summed E-state index contributed by atoms with van der Waals surface area (Å²) < 4.78 is 16.4. The van der Waals surface area contributed by atoms with Crippen molar-refractivity contribution in [1.82, 2.24) is 15.1 Å². The Morgan fingerprint density at radius 1 is 1.19 bits per heavy atom. The summed E-state index contributed by atoms with van der Waals surface area (Å²) in [5.74, 6) is 3.22. The Kier molecular flexibility index (Phi) is 5.75. The number of aromatic nitrogens is 2. The van der Waals surface area contributed by atoms with E-state index in [1.165, 1.54) is 0 Å². The Morgan fingerprint density at radius 2 is 1.85 bits per heavy atom. The average Bonchev–Trinajstić information content (AvgIpc) is 3.17. The van der Waals surface area contributed by atoms with Gasteiger partial charge in [0.25, 0.3) is 5.91 Å². The van der Waals surface area contributed by atoms with Gasteiger partial charge in [-0.15, -0.1) is 10.2 Å². The highest BCUT2D eigenvalue weighted by Gasteiger charge is 2.27. The number of amides is 1. The van der Waals surface area contributed by atoms with Gasteiger partial charge in [0.05, 0.1) is 7.11 Å². The van der Waals surface area contributed by atoms with Crippen LogP contribution >= 0.6 is 0 Å². The molecule has 7 nitrogen and oxygen atoms in total. The lowest BCUT2D eigenvalue weighted by molar-refractivity contribution is -0.134. The number of hydrogen-bond donors (Lipinski definition) is 0. The molecule has 1 amide bonds. The molecule has 1 aromatic carbocycles. The summed E-state index contributed by atoms with van der Waals surface area (Å²) in [6, 6.07) is 7.20. The highest BCUT2D eigenvalue weighted by Crippen LogP contribution is 2.28. The van der Waals surface area contributed by atoms with Gasteiger partial charge in [-0.1, -0.05) is 13.8 Å². The molecule has 140 valence electrons. The van der Waals surface area contributed by atoms with E-state index in [-0.39, 0.29) is 24.3 Å². The molecule has 1 saturated heterocycles. The van der Waals surface area contributed by atoms with E-state index < -0.39 is 0 Å². The second kappa shape index (κ2) is 8.21. The summed E-state index contributed by atoms with van der Waals surface area (Å²) in [4.78, 5) is 14.2. The molecule has 1 aromatic heterocycles. The van der Waals surface area contributed by atoms with Crippen LogP contribution in [0.15, 0.2) is 28.7 Å². The van der Waals surface area contributed by atoms with E-state index in [0.717, 1.165) is 18.6 Å². The molecule has 0 unspecified atom stereocenters. The molecule has 3 rings (SSSR count). The van der Waals surface area contributed by atoms with Crippen LogP contribution in [-0.4, -0.2) is 47.8 Å². The number of rotatable bonds is 6. The minimum atomic E-state index is -0.00679. The van der Waals surface area contributed by atoms with Crippen LogP contribution in [0.5, 0.6) is 11.5 Å². The highest BCUT2D eigenvalue weighted by atomic mass is 16.5. The number of carbonyl (C=O) groups excluding carboxylic acids is 1. The zero-order valence-corrected chi connectivity index (χ0v) is 15.5. The number of methoxy groups -OCH3 is 1. The summed E-state index contributed by atoms with van der Waals surface area (Å²) in [5, 5.41) is 8.26. The van der Waals surface area contributed by atoms with Gasteiger partial charge in [-0.25, -0.2) is 0 Å². The molecule has 1 fully saturated rings. The minimum Gasteiger partial charge on any atom is -0.497 e. The van der Waals surface area contributed by atoms with Crippen LogP contribution in [0, 0.1) is 0 Å². The fourth-order valence-electron chi connectivity index (χ4n) is 2.93. The second-order valence-electron chi connectivity index (χ2n) is 6.75. The fraction of sp³-hybridized carbons (Fsp3) is 0.526. The Morgan fingerprint density at radius 3 is 2.42 bits per heavy atom. The first-order chi connectivity index (χ1) is 12.6. The first kappa shape index (κ1) is 18.2. The molecule has 0 bridgehead atoms. The molecule has 26 heavy (non-hydrogen) atoms. The molecule has 1 aliphatic heterocycles. The third-order valence-electron chi connectivity index (χ3n) is 4.57. The van der Waals surface area contributed by atoms with Crippen molar-refractivity contribution in [3.63, 3.8) is 0 Å². The van der Waals surface area contributed by atoms with Crippen molar-refractivity contribution in [1.29, 1.82) is 0 Å². The van der Waals surface area contributed by atoms with Gasteiger partial charge in [-0.3, -0.25) is 4.79 Å². The smallest absolute Gasteiger partial charge is 0.260 e. The zero-order chi connectivity index (χ0) is 18.5. The van der Waals surface area contributed by atoms with Gasteiger partial charge < -0.3 is 18.8 Å². The topological polar surface area (TPSA) is 77.7 Å². The number of carbonyl (C=O) groups is 1. The molecule has 1 aliphatic rings. The number of likely N-dealkylation sites (tertiary alicyclic amines) is 1. The quantitative estimate of drug-likeness (QED) is 0.789. The first-order valence-corrected chi connectivity index (χ1v) is 8.94. The van der Waals surface area contributed by atoms with Crippen LogP contribution in [0.2, 0.25) is 0 Å². The van der Waals surface area contributed by atoms with E-state index in [1.54, 1.807) is 31.4 Å². The van der Waals surface area contributed by atoms with Gasteiger partial charge in [-0.2, -0.15) is 0 Å². The molecule has 0 N–H and O–H groups in total. The van der Waals surface area contributed by atoms with Crippen molar-refractivity contribution < 1.29 is 18.7 Å². The number of hydrogen-bond acceptors (Lipinski definition) is 6. The summed E-state index contributed by atoms with van der Waals surface area (Å²) in [5.41, 5.74) is 0. The third kappa shape index (κ3) is 4.33. The fourth-order valence-corrected chi connectivity index (χ4v) is 2.93. The van der Waals surface area contributed by atoms with Crippen LogP contribution < -0.4 is 9.47 Å². The van der Waals surface area contributed by atoms with E-state index in [4.69, 9.17) is 13.9 Å². The number of ether oxygens (including phenoxy) is 2. The second-order valence-corrected chi connectivity index (χ2v) is 6.75. The largest absolute Gasteiger partial charge is 0.497 e. The van der Waals surface area contributed by atoms with Crippen LogP contribution in [0.3, 0.4) is 0 Å². The zero-order valence-electron chi connectivity index (χ0n) is 15.5. The van der Waals surface area contributed by atoms with Crippen molar-refractivity contribution in [3.8, 4) is 11.5 Å². The lowest BCUT2D eigenvalue weighted by Crippen LogP contribution is -2.40. The molecule has 0 aliphatic carbocycles. The molecular weight excluding hydrogens is 334 g/mol. The Hall–Kier alpha value is -2.57. The monoisotopic (exact) mass is 359 g/mol. The average molecular weight is 359 g/mol. The molecule has 2 heterocycles. The number of piperidine rings is 1. The van der Waals surface area contributed by atoms with Gasteiger partial charge in [0, 0.05) is 24.9 Å². The van der Waals surface area contributed by atoms with E-state index in [9.17, 15) is 4.79 Å². The van der Waals surface area contributed by atoms with Crippen molar-refractivity contribution in [2.75, 3.05) is 26.8 Å². The maximum absolute atomic E-state index is 12.4. The Balaban J connectivity index is 1.46. The standard InChI is InChI=1S/C19H25N3O4/c1-13(2)18-20-21-19(26-18)14-8-10-22(11-9-14)17(23)12-25-16-6-4-15(24-3)5-7-16/h4-7,13-14H,8-12H2,1-3H3. The summed E-state index contributed by atoms with van der Waals surface area (Å²) in [6.07, 6.45) is 1.65. The summed E-state index contributed by atoms with van der Waals surface area (Å²) >= 11 is 0. The molecule has 7 heteroatoms. The molecule has 2 aromatic rings. The third-order valence-corrected chi connectivity index (χ3v) is 4.57. The highest BCUT2D eigenvalue weighted by molar-refractivity contribution is 5.77. The van der Waals surface area contributed by atoms with Crippen molar-refractivity contribution >= 4 is 5.91 Å². The minimum absolute atomic E-state index is 0.00679. The maximum Gasteiger partial charge on any atom is 0.260 e. The van der Waals surface area contributed by atoms with E-state index in [2.05, 4.69) is 10.2 Å². The van der Waals surface area contributed by atoms with E-state index in [0.29, 0.717) is 30.6 Å². The molecule has 0 atom stereocenters. The Labute approximate surface area is 153 Å². The normalized spacial score (nSPS) is 15.3. The van der Waals surface area contributed by atoms with Crippen LogP contribution in [0.1, 0.15) is 50.3 Å². The lowest BCUT2D eigenvalue weighted by Gasteiger charge is -2.30. The van der Waals surface area contributed by atoms with Crippen molar-refractivity contribution in [2.45, 2.75) is 38.5 Å². The van der Waals surface area contributed by atoms with Crippen molar-refractivity contribution in [2.24, 2.45) is 0 Å². The predicted molar refractivity (Wildman–Crippen MR) is 95.4 cm³/mol. The Bertz CT molecular complexity index is 719. The van der Waals surface area contributed by atoms with Gasteiger partial charge in [0.2, 0.25) is 11.8 Å². The molecule has 0 spiro atoms. The SMILES string of the molecule is COc1ccc(OCC(=O)N2CCC(c3nnc(C(C)C)o3)CC2)cc1. The van der Waals surface area contributed by atoms with Gasteiger partial charge in [0.1, 0.15) is 11.5 Å². The van der Waals surface area contributed by atoms with Gasteiger partial charge >= 0.3 is 0 Å². The van der Waals surface area contributed by atoms with Crippen LogP contribution in [-0.2, 0) is 4.79 Å². The van der Waals surface area contributed by atoms with E-state index >= 15 is 0 Å².